The number of hydrogen-bond donors (Lipinski definition) is 1. The van der Waals surface area contributed by atoms with Gasteiger partial charge in [0, 0.05) is 18.3 Å². The first kappa shape index (κ1) is 13.2. The standard InChI is InChI=1S/C14H23NO/c1-11(14(2,3)4)9-13(16)10-12-7-5-6-8-15-12/h5-8,11,13,16H,9-10H2,1-4H3. The van der Waals surface area contributed by atoms with Crippen molar-refractivity contribution in [3.05, 3.63) is 30.1 Å². The highest BCUT2D eigenvalue weighted by Crippen LogP contribution is 2.29. The predicted octanol–water partition coefficient (Wildman–Crippen LogP) is 3.06. The summed E-state index contributed by atoms with van der Waals surface area (Å²) in [6.45, 7) is 8.84. The van der Waals surface area contributed by atoms with Crippen LogP contribution >= 0.6 is 0 Å². The van der Waals surface area contributed by atoms with Gasteiger partial charge in [0.25, 0.3) is 0 Å². The quantitative estimate of drug-likeness (QED) is 0.847. The number of aliphatic hydroxyl groups excluding tert-OH is 1. The summed E-state index contributed by atoms with van der Waals surface area (Å²) in [5.74, 6) is 0.506. The van der Waals surface area contributed by atoms with Crippen molar-refractivity contribution in [3.63, 3.8) is 0 Å². The molecule has 0 aliphatic carbocycles. The molecule has 2 unspecified atom stereocenters. The van der Waals surface area contributed by atoms with E-state index < -0.39 is 0 Å². The lowest BCUT2D eigenvalue weighted by atomic mass is 9.78. The van der Waals surface area contributed by atoms with Gasteiger partial charge in [-0.15, -0.1) is 0 Å². The molecule has 90 valence electrons. The molecule has 1 N–H and O–H groups in total. The first-order chi connectivity index (χ1) is 7.39. The van der Waals surface area contributed by atoms with Crippen LogP contribution in [0.1, 0.15) is 39.8 Å². The third kappa shape index (κ3) is 4.31. The number of rotatable bonds is 4. The second kappa shape index (κ2) is 5.44. The number of hydrogen-bond acceptors (Lipinski definition) is 2. The third-order valence-electron chi connectivity index (χ3n) is 3.27. The zero-order valence-corrected chi connectivity index (χ0v) is 10.8. The Morgan fingerprint density at radius 1 is 1.31 bits per heavy atom. The van der Waals surface area contributed by atoms with Crippen LogP contribution in [-0.4, -0.2) is 16.2 Å². The number of pyridine rings is 1. The molecule has 2 atom stereocenters. The number of aromatic nitrogens is 1. The molecule has 0 spiro atoms. The molecule has 1 aromatic heterocycles. The highest BCUT2D eigenvalue weighted by atomic mass is 16.3. The fraction of sp³-hybridized carbons (Fsp3) is 0.643. The second-order valence-corrected chi connectivity index (χ2v) is 5.68. The van der Waals surface area contributed by atoms with Gasteiger partial charge in [-0.25, -0.2) is 0 Å². The summed E-state index contributed by atoms with van der Waals surface area (Å²) >= 11 is 0. The van der Waals surface area contributed by atoms with E-state index in [1.165, 1.54) is 0 Å². The van der Waals surface area contributed by atoms with Gasteiger partial charge in [-0.3, -0.25) is 4.98 Å². The molecule has 0 amide bonds. The molecule has 0 aromatic carbocycles. The predicted molar refractivity (Wildman–Crippen MR) is 67.2 cm³/mol. The minimum absolute atomic E-state index is 0.255. The van der Waals surface area contributed by atoms with E-state index in [-0.39, 0.29) is 11.5 Å². The van der Waals surface area contributed by atoms with Gasteiger partial charge in [0.2, 0.25) is 0 Å². The van der Waals surface area contributed by atoms with Crippen LogP contribution < -0.4 is 0 Å². The van der Waals surface area contributed by atoms with Crippen LogP contribution in [0.5, 0.6) is 0 Å². The highest BCUT2D eigenvalue weighted by Gasteiger charge is 2.22. The van der Waals surface area contributed by atoms with E-state index in [0.29, 0.717) is 12.3 Å². The van der Waals surface area contributed by atoms with Gasteiger partial charge in [-0.05, 0) is 29.9 Å². The zero-order chi connectivity index (χ0) is 12.2. The van der Waals surface area contributed by atoms with Gasteiger partial charge >= 0.3 is 0 Å². The van der Waals surface area contributed by atoms with Crippen LogP contribution in [0.15, 0.2) is 24.4 Å². The molecule has 2 nitrogen and oxygen atoms in total. The summed E-state index contributed by atoms with van der Waals surface area (Å²) in [5.41, 5.74) is 1.22. The Morgan fingerprint density at radius 3 is 2.50 bits per heavy atom. The molecule has 0 radical (unpaired) electrons. The van der Waals surface area contributed by atoms with E-state index in [0.717, 1.165) is 12.1 Å². The Balaban J connectivity index is 2.45. The maximum absolute atomic E-state index is 10.00. The molecule has 0 aliphatic rings. The van der Waals surface area contributed by atoms with Crippen LogP contribution in [0.2, 0.25) is 0 Å². The van der Waals surface area contributed by atoms with E-state index in [4.69, 9.17) is 0 Å². The molecule has 1 heterocycles. The lowest BCUT2D eigenvalue weighted by Crippen LogP contribution is -2.24. The Kier molecular flexibility index (Phi) is 4.48. The van der Waals surface area contributed by atoms with Gasteiger partial charge < -0.3 is 5.11 Å². The fourth-order valence-corrected chi connectivity index (χ4v) is 1.61. The molecule has 2 heteroatoms. The minimum Gasteiger partial charge on any atom is -0.393 e. The molecule has 0 bridgehead atoms. The van der Waals surface area contributed by atoms with Crippen molar-refractivity contribution >= 4 is 0 Å². The summed E-state index contributed by atoms with van der Waals surface area (Å²) in [7, 11) is 0. The lowest BCUT2D eigenvalue weighted by Gasteiger charge is -2.29. The normalized spacial score (nSPS) is 15.8. The monoisotopic (exact) mass is 221 g/mol. The molecule has 16 heavy (non-hydrogen) atoms. The van der Waals surface area contributed by atoms with Gasteiger partial charge in [0.05, 0.1) is 6.10 Å². The molecular weight excluding hydrogens is 198 g/mol. The molecule has 1 aromatic rings. The summed E-state index contributed by atoms with van der Waals surface area (Å²) in [6.07, 6.45) is 2.97. The largest absolute Gasteiger partial charge is 0.393 e. The zero-order valence-electron chi connectivity index (χ0n) is 10.8. The Hall–Kier alpha value is -0.890. The maximum Gasteiger partial charge on any atom is 0.0598 e. The summed E-state index contributed by atoms with van der Waals surface area (Å²) in [6, 6.07) is 5.82. The summed E-state index contributed by atoms with van der Waals surface area (Å²) < 4.78 is 0. The van der Waals surface area contributed by atoms with Gasteiger partial charge in [-0.2, -0.15) is 0 Å². The van der Waals surface area contributed by atoms with E-state index in [9.17, 15) is 5.11 Å². The Labute approximate surface area is 98.7 Å². The van der Waals surface area contributed by atoms with Crippen LogP contribution in [0.3, 0.4) is 0 Å². The van der Waals surface area contributed by atoms with E-state index in [1.807, 2.05) is 18.2 Å². The highest BCUT2D eigenvalue weighted by molar-refractivity contribution is 5.04. The van der Waals surface area contributed by atoms with Crippen molar-refractivity contribution in [2.45, 2.75) is 46.6 Å². The molecule has 1 rings (SSSR count). The van der Waals surface area contributed by atoms with E-state index in [1.54, 1.807) is 6.20 Å². The van der Waals surface area contributed by atoms with Crippen LogP contribution in [0.25, 0.3) is 0 Å². The minimum atomic E-state index is -0.288. The maximum atomic E-state index is 10.00. The average molecular weight is 221 g/mol. The van der Waals surface area contributed by atoms with Crippen molar-refractivity contribution in [3.8, 4) is 0 Å². The van der Waals surface area contributed by atoms with Crippen molar-refractivity contribution < 1.29 is 5.11 Å². The van der Waals surface area contributed by atoms with Gasteiger partial charge in [0.1, 0.15) is 0 Å². The first-order valence-electron chi connectivity index (χ1n) is 5.97. The van der Waals surface area contributed by atoms with E-state index in [2.05, 4.69) is 32.7 Å². The molecule has 0 saturated carbocycles. The van der Waals surface area contributed by atoms with Crippen molar-refractivity contribution in [1.82, 2.24) is 4.98 Å². The van der Waals surface area contributed by atoms with Crippen molar-refractivity contribution in [2.75, 3.05) is 0 Å². The van der Waals surface area contributed by atoms with Crippen LogP contribution in [0.4, 0.5) is 0 Å². The van der Waals surface area contributed by atoms with Gasteiger partial charge in [0.15, 0.2) is 0 Å². The number of aliphatic hydroxyl groups is 1. The average Bonchev–Trinajstić information content (AvgIpc) is 2.17. The fourth-order valence-electron chi connectivity index (χ4n) is 1.61. The Bertz CT molecular complexity index is 302. The lowest BCUT2D eigenvalue weighted by molar-refractivity contribution is 0.109. The topological polar surface area (TPSA) is 33.1 Å². The Morgan fingerprint density at radius 2 is 2.00 bits per heavy atom. The third-order valence-corrected chi connectivity index (χ3v) is 3.27. The molecular formula is C14H23NO. The van der Waals surface area contributed by atoms with Crippen LogP contribution in [-0.2, 0) is 6.42 Å². The molecule has 0 saturated heterocycles. The van der Waals surface area contributed by atoms with E-state index >= 15 is 0 Å². The van der Waals surface area contributed by atoms with Crippen LogP contribution in [0, 0.1) is 11.3 Å². The smallest absolute Gasteiger partial charge is 0.0598 e. The molecule has 0 fully saturated rings. The number of nitrogens with zero attached hydrogens (tertiary/aromatic N) is 1. The van der Waals surface area contributed by atoms with Crippen molar-refractivity contribution in [2.24, 2.45) is 11.3 Å². The SMILES string of the molecule is CC(CC(O)Cc1ccccn1)C(C)(C)C. The van der Waals surface area contributed by atoms with Crippen molar-refractivity contribution in [1.29, 1.82) is 0 Å². The van der Waals surface area contributed by atoms with Gasteiger partial charge in [-0.1, -0.05) is 33.8 Å². The summed E-state index contributed by atoms with van der Waals surface area (Å²) in [4.78, 5) is 4.23. The summed E-state index contributed by atoms with van der Waals surface area (Å²) in [5, 5.41) is 10.00. The second-order valence-electron chi connectivity index (χ2n) is 5.68. The first-order valence-corrected chi connectivity index (χ1v) is 5.97. The molecule has 0 aliphatic heterocycles.